The van der Waals surface area contributed by atoms with E-state index < -0.39 is 36.3 Å². The first-order chi connectivity index (χ1) is 17.3. The van der Waals surface area contributed by atoms with Crippen LogP contribution in [0.3, 0.4) is 0 Å². The average molecular weight is 515 g/mol. The number of allylic oxidation sites excluding steroid dienone is 1. The van der Waals surface area contributed by atoms with Crippen molar-refractivity contribution >= 4 is 35.1 Å². The highest BCUT2D eigenvalue weighted by atomic mass is 32.1. The van der Waals surface area contributed by atoms with E-state index in [0.717, 1.165) is 17.6 Å². The van der Waals surface area contributed by atoms with Crippen LogP contribution < -0.4 is 5.32 Å². The van der Waals surface area contributed by atoms with E-state index in [-0.39, 0.29) is 42.3 Å². The number of rotatable bonds is 9. The molecule has 2 aliphatic heterocycles. The summed E-state index contributed by atoms with van der Waals surface area (Å²) < 4.78 is 24.5. The van der Waals surface area contributed by atoms with Gasteiger partial charge in [0.15, 0.2) is 0 Å². The highest BCUT2D eigenvalue weighted by Crippen LogP contribution is 2.42. The van der Waals surface area contributed by atoms with Crippen molar-refractivity contribution in [2.75, 3.05) is 33.5 Å². The fraction of sp³-hybridized carbons (Fsp3) is 0.280. The van der Waals surface area contributed by atoms with Crippen LogP contribution in [-0.2, 0) is 19.1 Å². The van der Waals surface area contributed by atoms with E-state index in [4.69, 9.17) is 9.47 Å². The predicted octanol–water partition coefficient (Wildman–Crippen LogP) is 2.79. The lowest BCUT2D eigenvalue weighted by Crippen LogP contribution is -2.36. The molecule has 1 aromatic heterocycles. The first-order valence-electron chi connectivity index (χ1n) is 11.0. The van der Waals surface area contributed by atoms with Crippen LogP contribution in [0.15, 0.2) is 58.3 Å². The van der Waals surface area contributed by atoms with E-state index in [9.17, 15) is 28.7 Å². The normalized spacial score (nSPS) is 17.4. The van der Waals surface area contributed by atoms with Crippen LogP contribution in [0.4, 0.5) is 4.39 Å². The second-order valence-corrected chi connectivity index (χ2v) is 9.05. The highest BCUT2D eigenvalue weighted by Gasteiger charge is 2.40. The molecule has 2 aromatic rings. The molecule has 0 saturated heterocycles. The van der Waals surface area contributed by atoms with Crippen LogP contribution in [0.25, 0.3) is 0 Å². The lowest BCUT2D eigenvalue weighted by atomic mass is 9.83. The number of hydrogen-bond acceptors (Lipinski definition) is 8. The van der Waals surface area contributed by atoms with Crippen LogP contribution in [0.5, 0.6) is 0 Å². The van der Waals surface area contributed by atoms with Gasteiger partial charge in [0.2, 0.25) is 0 Å². The van der Waals surface area contributed by atoms with Gasteiger partial charge in [0.25, 0.3) is 11.8 Å². The van der Waals surface area contributed by atoms with Gasteiger partial charge in [-0.1, -0.05) is 12.1 Å². The molecule has 0 fully saturated rings. The molecule has 3 heterocycles. The largest absolute Gasteiger partial charge is 0.478 e. The number of ether oxygens (including phenoxy) is 2. The van der Waals surface area contributed by atoms with E-state index >= 15 is 0 Å². The number of aryl methyl sites for hydroxylation is 1. The topological polar surface area (TPSA) is 122 Å². The SMILES string of the molecule is COC(=O)C1=C(CF)NC(COCCN2C(=O)c3ccccc3C2=O)=C(C(=O)O)C1c1sccc1C. The lowest BCUT2D eigenvalue weighted by Gasteiger charge is -2.30. The summed E-state index contributed by atoms with van der Waals surface area (Å²) in [7, 11) is 1.14. The van der Waals surface area contributed by atoms with Gasteiger partial charge in [0.05, 0.1) is 66.5 Å². The number of hydrogen-bond donors (Lipinski definition) is 2. The Balaban J connectivity index is 1.57. The summed E-state index contributed by atoms with van der Waals surface area (Å²) in [6, 6.07) is 8.27. The number of halogens is 1. The van der Waals surface area contributed by atoms with Gasteiger partial charge in [-0.15, -0.1) is 11.3 Å². The monoisotopic (exact) mass is 514 g/mol. The summed E-state index contributed by atoms with van der Waals surface area (Å²) in [6.45, 7) is 0.315. The number of nitrogens with zero attached hydrogens (tertiary/aromatic N) is 1. The minimum Gasteiger partial charge on any atom is -0.478 e. The smallest absolute Gasteiger partial charge is 0.336 e. The number of fused-ring (bicyclic) bond motifs is 1. The van der Waals surface area contributed by atoms with Crippen LogP contribution in [-0.4, -0.2) is 67.3 Å². The molecule has 2 aliphatic rings. The number of carboxylic acid groups (broad SMARTS) is 1. The zero-order valence-corrected chi connectivity index (χ0v) is 20.3. The van der Waals surface area contributed by atoms with E-state index in [1.807, 2.05) is 0 Å². The number of amides is 2. The molecule has 0 aliphatic carbocycles. The Labute approximate surface area is 209 Å². The molecule has 1 unspecified atom stereocenters. The Kier molecular flexibility index (Phi) is 7.32. The van der Waals surface area contributed by atoms with Crippen LogP contribution in [0.1, 0.15) is 37.1 Å². The van der Waals surface area contributed by atoms with E-state index in [1.165, 1.54) is 11.3 Å². The summed E-state index contributed by atoms with van der Waals surface area (Å²) in [6.07, 6.45) is 0. The van der Waals surface area contributed by atoms with Crippen molar-refractivity contribution in [2.45, 2.75) is 12.8 Å². The van der Waals surface area contributed by atoms with Crippen molar-refractivity contribution in [3.8, 4) is 0 Å². The molecule has 0 bridgehead atoms. The standard InChI is InChI=1S/C25H23FN2O7S/c1-13-7-10-36-21(13)20-18(24(31)32)17(27-16(11-26)19(20)25(33)34-2)12-35-9-8-28-22(29)14-5-3-4-6-15(14)23(28)30/h3-7,10,20,27H,8-9,11-12H2,1-2H3,(H,31,32). The summed E-state index contributed by atoms with van der Waals surface area (Å²) in [4.78, 5) is 51.6. The summed E-state index contributed by atoms with van der Waals surface area (Å²) in [5.74, 6) is -4.06. The first kappa shape index (κ1) is 25.3. The minimum atomic E-state index is -1.31. The Hall–Kier alpha value is -3.83. The molecule has 0 radical (unpaired) electrons. The number of aliphatic carboxylic acids is 1. The highest BCUT2D eigenvalue weighted by molar-refractivity contribution is 7.10. The first-order valence-corrected chi connectivity index (χ1v) is 11.9. The fourth-order valence-electron chi connectivity index (χ4n) is 4.35. The number of nitrogens with one attached hydrogen (secondary N) is 1. The van der Waals surface area contributed by atoms with E-state index in [1.54, 1.807) is 42.6 Å². The summed E-state index contributed by atoms with van der Waals surface area (Å²) in [5, 5.41) is 14.5. The molecule has 1 atom stereocenters. The molecule has 0 spiro atoms. The van der Waals surface area contributed by atoms with Crippen molar-refractivity contribution in [2.24, 2.45) is 0 Å². The quantitative estimate of drug-likeness (QED) is 0.298. The third kappa shape index (κ3) is 4.42. The molecule has 188 valence electrons. The van der Waals surface area contributed by atoms with Gasteiger partial charge in [0, 0.05) is 4.88 Å². The zero-order chi connectivity index (χ0) is 26.0. The van der Waals surface area contributed by atoms with E-state index in [0.29, 0.717) is 16.0 Å². The molecule has 2 amide bonds. The molecule has 0 saturated carbocycles. The second kappa shape index (κ2) is 10.4. The average Bonchev–Trinajstić information content (AvgIpc) is 3.41. The second-order valence-electron chi connectivity index (χ2n) is 8.10. The number of methoxy groups -OCH3 is 1. The molecule has 9 nitrogen and oxygen atoms in total. The number of alkyl halides is 1. The number of thiophene rings is 1. The zero-order valence-electron chi connectivity index (χ0n) is 19.5. The van der Waals surface area contributed by atoms with Crippen LogP contribution in [0, 0.1) is 6.92 Å². The number of benzene rings is 1. The maximum atomic E-state index is 14.0. The number of esters is 1. The number of carbonyl (C=O) groups excluding carboxylic acids is 3. The molecule has 4 rings (SSSR count). The van der Waals surface area contributed by atoms with Crippen LogP contribution in [0.2, 0.25) is 0 Å². The molecule has 11 heteroatoms. The van der Waals surface area contributed by atoms with Crippen molar-refractivity contribution in [1.82, 2.24) is 10.2 Å². The molecular weight excluding hydrogens is 491 g/mol. The van der Waals surface area contributed by atoms with Gasteiger partial charge in [-0.3, -0.25) is 14.5 Å². The van der Waals surface area contributed by atoms with E-state index in [2.05, 4.69) is 5.32 Å². The van der Waals surface area contributed by atoms with Crippen molar-refractivity contribution in [3.05, 3.63) is 79.8 Å². The fourth-order valence-corrected chi connectivity index (χ4v) is 5.39. The number of carboxylic acids is 1. The maximum absolute atomic E-state index is 14.0. The molecule has 36 heavy (non-hydrogen) atoms. The van der Waals surface area contributed by atoms with Crippen molar-refractivity contribution in [1.29, 1.82) is 0 Å². The van der Waals surface area contributed by atoms with Gasteiger partial charge < -0.3 is 19.9 Å². The number of dihydropyridines is 1. The Morgan fingerprint density at radius 2 is 1.78 bits per heavy atom. The van der Waals surface area contributed by atoms with Crippen molar-refractivity contribution in [3.63, 3.8) is 0 Å². The summed E-state index contributed by atoms with van der Waals surface area (Å²) >= 11 is 1.25. The van der Waals surface area contributed by atoms with Gasteiger partial charge >= 0.3 is 11.9 Å². The number of carbonyl (C=O) groups is 4. The van der Waals surface area contributed by atoms with Crippen molar-refractivity contribution < 1.29 is 38.1 Å². The third-order valence-electron chi connectivity index (χ3n) is 6.05. The minimum absolute atomic E-state index is 0.0469. The van der Waals surface area contributed by atoms with Gasteiger partial charge in [0.1, 0.15) is 6.67 Å². The maximum Gasteiger partial charge on any atom is 0.336 e. The number of imide groups is 1. The van der Waals surface area contributed by atoms with Crippen LogP contribution >= 0.6 is 11.3 Å². The predicted molar refractivity (Wildman–Crippen MR) is 127 cm³/mol. The van der Waals surface area contributed by atoms with Gasteiger partial charge in [-0.25, -0.2) is 14.0 Å². The molecule has 1 aromatic carbocycles. The Bertz CT molecular complexity index is 1280. The molecular formula is C25H23FN2O7S. The van der Waals surface area contributed by atoms with Gasteiger partial charge in [-0.05, 0) is 36.1 Å². The molecule has 2 N–H and O–H groups in total. The third-order valence-corrected chi connectivity index (χ3v) is 7.13. The summed E-state index contributed by atoms with van der Waals surface area (Å²) in [5.41, 5.74) is 1.06. The Morgan fingerprint density at radius 3 is 2.31 bits per heavy atom. The van der Waals surface area contributed by atoms with Gasteiger partial charge in [-0.2, -0.15) is 0 Å². The Morgan fingerprint density at radius 1 is 1.11 bits per heavy atom. The lowest BCUT2D eigenvalue weighted by molar-refractivity contribution is -0.136.